The number of aromatic nitrogens is 2. The number of hydrogen-bond acceptors (Lipinski definition) is 3. The smallest absolute Gasteiger partial charge is 0.203 e. The van der Waals surface area contributed by atoms with E-state index in [1.165, 1.54) is 5.56 Å². The van der Waals surface area contributed by atoms with Crippen molar-refractivity contribution in [3.05, 3.63) is 90.0 Å². The number of ether oxygens (including phenoxy) is 2. The van der Waals surface area contributed by atoms with Gasteiger partial charge in [-0.05, 0) is 48.4 Å². The number of benzene rings is 3. The van der Waals surface area contributed by atoms with Crippen LogP contribution in [0, 0.1) is 5.41 Å². The molecule has 5 nitrogen and oxygen atoms in total. The summed E-state index contributed by atoms with van der Waals surface area (Å²) in [5.74, 6) is 1.60. The lowest BCUT2D eigenvalue weighted by molar-refractivity contribution is 0.296. The number of hydrogen-bond donors (Lipinski definition) is 1. The Balaban J connectivity index is 0.00000256. The van der Waals surface area contributed by atoms with E-state index < -0.39 is 0 Å². The second kappa shape index (κ2) is 10.2. The van der Waals surface area contributed by atoms with Gasteiger partial charge in [-0.1, -0.05) is 42.5 Å². The zero-order valence-corrected chi connectivity index (χ0v) is 18.7. The van der Waals surface area contributed by atoms with Gasteiger partial charge in [-0.25, -0.2) is 0 Å². The van der Waals surface area contributed by atoms with Crippen LogP contribution in [-0.4, -0.2) is 22.9 Å². The number of halogens is 1. The van der Waals surface area contributed by atoms with Crippen molar-refractivity contribution in [1.29, 1.82) is 5.41 Å². The molecule has 156 valence electrons. The topological polar surface area (TPSA) is 52.2 Å². The molecule has 1 aromatic heterocycles. The van der Waals surface area contributed by atoms with E-state index in [0.717, 1.165) is 35.5 Å². The van der Waals surface area contributed by atoms with E-state index >= 15 is 0 Å². The molecule has 0 bridgehead atoms. The first-order valence-corrected chi connectivity index (χ1v) is 9.80. The van der Waals surface area contributed by atoms with Gasteiger partial charge in [0.15, 0.2) is 0 Å². The monoisotopic (exact) mass is 467 g/mol. The van der Waals surface area contributed by atoms with Crippen molar-refractivity contribution < 1.29 is 9.47 Å². The lowest BCUT2D eigenvalue weighted by Crippen LogP contribution is -2.27. The molecule has 0 atom stereocenters. The Morgan fingerprint density at radius 3 is 1.93 bits per heavy atom. The molecule has 6 heteroatoms. The van der Waals surface area contributed by atoms with E-state index in [4.69, 9.17) is 14.9 Å². The standard InChI is InChI=1S/C24H25N3O2.BrH/c1-28-20-11-13-21(14-12-20)29-18-17-27-23-10-6-5-9-22(23)26(24(27)25)16-15-19-7-3-2-4-8-19;/h2-14,25H,15-18H2,1H3;1H. The molecule has 0 spiro atoms. The number of fused-ring (bicyclic) bond motifs is 1. The van der Waals surface area contributed by atoms with Crippen LogP contribution in [0.4, 0.5) is 0 Å². The van der Waals surface area contributed by atoms with Crippen molar-refractivity contribution in [3.63, 3.8) is 0 Å². The summed E-state index contributed by atoms with van der Waals surface area (Å²) in [4.78, 5) is 0. The minimum atomic E-state index is 0. The third kappa shape index (κ3) is 4.76. The van der Waals surface area contributed by atoms with Crippen LogP contribution in [0.1, 0.15) is 5.56 Å². The fourth-order valence-electron chi connectivity index (χ4n) is 3.56. The average Bonchev–Trinajstić information content (AvgIpc) is 3.04. The first kappa shape index (κ1) is 21.7. The van der Waals surface area contributed by atoms with Gasteiger partial charge in [-0.3, -0.25) is 5.41 Å². The van der Waals surface area contributed by atoms with E-state index in [1.807, 2.05) is 47.0 Å². The quantitative estimate of drug-likeness (QED) is 0.403. The molecule has 1 N–H and O–H groups in total. The molecule has 4 rings (SSSR count). The Morgan fingerprint density at radius 1 is 0.733 bits per heavy atom. The molecule has 0 aliphatic rings. The zero-order valence-electron chi connectivity index (χ0n) is 17.0. The van der Waals surface area contributed by atoms with Gasteiger partial charge in [0.25, 0.3) is 0 Å². The Morgan fingerprint density at radius 2 is 1.30 bits per heavy atom. The van der Waals surface area contributed by atoms with E-state index in [1.54, 1.807) is 7.11 Å². The molecule has 0 unspecified atom stereocenters. The van der Waals surface area contributed by atoms with Crippen LogP contribution in [0.3, 0.4) is 0 Å². The predicted molar refractivity (Wildman–Crippen MR) is 125 cm³/mol. The van der Waals surface area contributed by atoms with Gasteiger partial charge in [0.1, 0.15) is 18.1 Å². The fraction of sp³-hybridized carbons (Fsp3) is 0.208. The third-order valence-electron chi connectivity index (χ3n) is 5.08. The SMILES string of the molecule is Br.COc1ccc(OCCn2c(=N)n(CCc3ccccc3)c3ccccc32)cc1. The molecule has 0 fully saturated rings. The minimum Gasteiger partial charge on any atom is -0.497 e. The molecule has 0 saturated carbocycles. The van der Waals surface area contributed by atoms with Gasteiger partial charge in [0, 0.05) is 6.54 Å². The lowest BCUT2D eigenvalue weighted by atomic mass is 10.1. The van der Waals surface area contributed by atoms with Gasteiger partial charge in [-0.15, -0.1) is 17.0 Å². The summed E-state index contributed by atoms with van der Waals surface area (Å²) in [6.07, 6.45) is 0.897. The summed E-state index contributed by atoms with van der Waals surface area (Å²) in [5, 5.41) is 8.73. The van der Waals surface area contributed by atoms with Crippen molar-refractivity contribution in [2.45, 2.75) is 19.5 Å². The van der Waals surface area contributed by atoms with Crippen molar-refractivity contribution in [2.24, 2.45) is 0 Å². The van der Waals surface area contributed by atoms with Crippen molar-refractivity contribution in [3.8, 4) is 11.5 Å². The second-order valence-electron chi connectivity index (χ2n) is 6.88. The maximum absolute atomic E-state index is 8.73. The van der Waals surface area contributed by atoms with Crippen LogP contribution >= 0.6 is 17.0 Å². The Bertz CT molecular complexity index is 1130. The molecule has 0 saturated heterocycles. The Hall–Kier alpha value is -2.99. The Labute approximate surface area is 186 Å². The number of imidazole rings is 1. The van der Waals surface area contributed by atoms with Gasteiger partial charge in [-0.2, -0.15) is 0 Å². The number of para-hydroxylation sites is 2. The highest BCUT2D eigenvalue weighted by Gasteiger charge is 2.10. The van der Waals surface area contributed by atoms with Crippen molar-refractivity contribution >= 4 is 28.0 Å². The Kier molecular flexibility index (Phi) is 7.36. The van der Waals surface area contributed by atoms with E-state index in [2.05, 4.69) is 41.0 Å². The van der Waals surface area contributed by atoms with Gasteiger partial charge in [0.2, 0.25) is 5.62 Å². The number of nitrogens with one attached hydrogen (secondary N) is 1. The number of methoxy groups -OCH3 is 1. The number of aryl methyl sites for hydroxylation is 2. The second-order valence-corrected chi connectivity index (χ2v) is 6.88. The largest absolute Gasteiger partial charge is 0.497 e. The normalized spacial score (nSPS) is 10.6. The maximum atomic E-state index is 8.73. The predicted octanol–water partition coefficient (Wildman–Crippen LogP) is 4.83. The molecule has 0 aliphatic carbocycles. The fourth-order valence-corrected chi connectivity index (χ4v) is 3.56. The number of nitrogens with zero attached hydrogens (tertiary/aromatic N) is 2. The van der Waals surface area contributed by atoms with Gasteiger partial charge < -0.3 is 18.6 Å². The van der Waals surface area contributed by atoms with E-state index in [-0.39, 0.29) is 17.0 Å². The first-order chi connectivity index (χ1) is 14.3. The van der Waals surface area contributed by atoms with Crippen molar-refractivity contribution in [1.82, 2.24) is 9.13 Å². The summed E-state index contributed by atoms with van der Waals surface area (Å²) in [6, 6.07) is 26.2. The molecule has 0 amide bonds. The van der Waals surface area contributed by atoms with Crippen LogP contribution in [-0.2, 0) is 19.5 Å². The van der Waals surface area contributed by atoms with Crippen LogP contribution in [0.25, 0.3) is 11.0 Å². The molecule has 0 radical (unpaired) electrons. The molecular formula is C24H26BrN3O2. The van der Waals surface area contributed by atoms with Gasteiger partial charge in [0.05, 0.1) is 24.7 Å². The van der Waals surface area contributed by atoms with Gasteiger partial charge >= 0.3 is 0 Å². The highest BCUT2D eigenvalue weighted by molar-refractivity contribution is 8.93. The van der Waals surface area contributed by atoms with Crippen LogP contribution in [0.2, 0.25) is 0 Å². The zero-order chi connectivity index (χ0) is 20.1. The molecular weight excluding hydrogens is 442 g/mol. The summed E-state index contributed by atoms with van der Waals surface area (Å²) < 4.78 is 15.2. The van der Waals surface area contributed by atoms with E-state index in [9.17, 15) is 0 Å². The maximum Gasteiger partial charge on any atom is 0.203 e. The van der Waals surface area contributed by atoms with Crippen molar-refractivity contribution in [2.75, 3.05) is 13.7 Å². The summed E-state index contributed by atoms with van der Waals surface area (Å²) >= 11 is 0. The molecule has 3 aromatic carbocycles. The highest BCUT2D eigenvalue weighted by atomic mass is 79.9. The van der Waals surface area contributed by atoms with E-state index in [0.29, 0.717) is 18.8 Å². The van der Waals surface area contributed by atoms with Crippen LogP contribution in [0.5, 0.6) is 11.5 Å². The summed E-state index contributed by atoms with van der Waals surface area (Å²) in [5.41, 5.74) is 3.92. The molecule has 0 aliphatic heterocycles. The number of rotatable bonds is 8. The summed E-state index contributed by atoms with van der Waals surface area (Å²) in [6.45, 7) is 1.88. The third-order valence-corrected chi connectivity index (χ3v) is 5.08. The highest BCUT2D eigenvalue weighted by Crippen LogP contribution is 2.18. The lowest BCUT2D eigenvalue weighted by Gasteiger charge is -2.08. The molecule has 30 heavy (non-hydrogen) atoms. The van der Waals surface area contributed by atoms with Crippen LogP contribution < -0.4 is 15.1 Å². The molecule has 4 aromatic rings. The molecule has 1 heterocycles. The van der Waals surface area contributed by atoms with Crippen LogP contribution in [0.15, 0.2) is 78.9 Å². The minimum absolute atomic E-state index is 0. The average molecular weight is 468 g/mol. The summed E-state index contributed by atoms with van der Waals surface area (Å²) in [7, 11) is 1.65. The first-order valence-electron chi connectivity index (χ1n) is 9.80.